The molecular formula is C26H25ClN2O4. The largest absolute Gasteiger partial charge is 0.458 e. The fraction of sp³-hybridized carbons (Fsp3) is 0.231. The molecule has 1 unspecified atom stereocenters. The van der Waals surface area contributed by atoms with Crippen molar-refractivity contribution in [2.24, 2.45) is 5.73 Å². The molecule has 0 saturated heterocycles. The lowest BCUT2D eigenvalue weighted by atomic mass is 9.98. The van der Waals surface area contributed by atoms with Crippen LogP contribution in [0, 0.1) is 0 Å². The molecule has 0 saturated carbocycles. The van der Waals surface area contributed by atoms with E-state index in [1.54, 1.807) is 51.1 Å². The number of carbonyl (C=O) groups is 2. The molecule has 0 spiro atoms. The van der Waals surface area contributed by atoms with E-state index in [9.17, 15) is 14.7 Å². The predicted molar refractivity (Wildman–Crippen MR) is 129 cm³/mol. The summed E-state index contributed by atoms with van der Waals surface area (Å²) in [6, 6.07) is 18.1. The lowest BCUT2D eigenvalue weighted by Gasteiger charge is -2.22. The summed E-state index contributed by atoms with van der Waals surface area (Å²) in [6.07, 6.45) is -1.53. The summed E-state index contributed by atoms with van der Waals surface area (Å²) >= 11 is 6.19. The number of hydrogen-bond acceptors (Lipinski definition) is 4. The van der Waals surface area contributed by atoms with Gasteiger partial charge in [-0.25, -0.2) is 4.79 Å². The van der Waals surface area contributed by atoms with Crippen LogP contribution in [0.4, 0.5) is 0 Å². The van der Waals surface area contributed by atoms with Crippen LogP contribution < -0.4 is 5.73 Å². The van der Waals surface area contributed by atoms with E-state index in [0.29, 0.717) is 33.5 Å². The summed E-state index contributed by atoms with van der Waals surface area (Å²) in [5, 5.41) is 12.7. The Balaban J connectivity index is 2.00. The number of rotatable bonds is 5. The molecule has 0 bridgehead atoms. The number of carbonyl (C=O) groups excluding carboxylic acids is 2. The lowest BCUT2D eigenvalue weighted by Crippen LogP contribution is -2.27. The molecule has 4 aromatic rings. The van der Waals surface area contributed by atoms with E-state index in [1.807, 2.05) is 34.9 Å². The number of hydrogen-bond donors (Lipinski definition) is 2. The number of aliphatic hydroxyl groups is 1. The first-order valence-electron chi connectivity index (χ1n) is 10.6. The molecule has 1 amide bonds. The zero-order chi connectivity index (χ0) is 23.9. The van der Waals surface area contributed by atoms with E-state index in [0.717, 1.165) is 16.6 Å². The van der Waals surface area contributed by atoms with Crippen LogP contribution in [0.5, 0.6) is 0 Å². The SMILES string of the molecule is CC(C)(C)OC(=O)C(O)c1cccc2c1c1c(C(N)=O)cccc1n2Cc1cccc(Cl)c1. The van der Waals surface area contributed by atoms with Gasteiger partial charge in [-0.3, -0.25) is 4.79 Å². The second-order valence-corrected chi connectivity index (χ2v) is 9.39. The van der Waals surface area contributed by atoms with Gasteiger partial charge in [0, 0.05) is 39.0 Å². The first-order chi connectivity index (χ1) is 15.6. The van der Waals surface area contributed by atoms with E-state index in [4.69, 9.17) is 22.1 Å². The molecule has 0 radical (unpaired) electrons. The second kappa shape index (κ2) is 8.54. The van der Waals surface area contributed by atoms with Crippen LogP contribution >= 0.6 is 11.6 Å². The Hall–Kier alpha value is -3.35. The Bertz CT molecular complexity index is 1380. The van der Waals surface area contributed by atoms with Crippen molar-refractivity contribution >= 4 is 45.3 Å². The van der Waals surface area contributed by atoms with E-state index in [-0.39, 0.29) is 0 Å². The van der Waals surface area contributed by atoms with Gasteiger partial charge in [0.25, 0.3) is 0 Å². The first kappa shape index (κ1) is 22.8. The minimum absolute atomic E-state index is 0.311. The molecule has 7 heteroatoms. The van der Waals surface area contributed by atoms with E-state index < -0.39 is 23.6 Å². The molecule has 1 aromatic heterocycles. The van der Waals surface area contributed by atoms with Crippen LogP contribution in [0.1, 0.15) is 48.4 Å². The topological polar surface area (TPSA) is 94.6 Å². The Morgan fingerprint density at radius 1 is 1.03 bits per heavy atom. The molecule has 1 heterocycles. The van der Waals surface area contributed by atoms with Crippen LogP contribution in [0.25, 0.3) is 21.8 Å². The number of ether oxygens (including phenoxy) is 1. The number of benzene rings is 3. The van der Waals surface area contributed by atoms with Crippen molar-refractivity contribution in [2.75, 3.05) is 0 Å². The van der Waals surface area contributed by atoms with Crippen LogP contribution in [0.2, 0.25) is 5.02 Å². The minimum Gasteiger partial charge on any atom is -0.458 e. The number of primary amides is 1. The monoisotopic (exact) mass is 464 g/mol. The molecule has 0 aliphatic carbocycles. The van der Waals surface area contributed by atoms with Gasteiger partial charge in [-0.2, -0.15) is 0 Å². The van der Waals surface area contributed by atoms with Crippen molar-refractivity contribution in [1.29, 1.82) is 0 Å². The summed E-state index contributed by atoms with van der Waals surface area (Å²) in [7, 11) is 0. The molecule has 0 aliphatic heterocycles. The summed E-state index contributed by atoms with van der Waals surface area (Å²) < 4.78 is 7.43. The van der Waals surface area contributed by atoms with Crippen LogP contribution in [0.3, 0.4) is 0 Å². The average molecular weight is 465 g/mol. The molecule has 33 heavy (non-hydrogen) atoms. The van der Waals surface area contributed by atoms with Gasteiger partial charge in [-0.15, -0.1) is 0 Å². The average Bonchev–Trinajstić information content (AvgIpc) is 3.06. The summed E-state index contributed by atoms with van der Waals surface area (Å²) in [5.74, 6) is -1.36. The van der Waals surface area contributed by atoms with Gasteiger partial charge < -0.3 is 20.1 Å². The molecular weight excluding hydrogens is 440 g/mol. The second-order valence-electron chi connectivity index (χ2n) is 8.96. The maximum absolute atomic E-state index is 12.7. The number of aromatic nitrogens is 1. The van der Waals surface area contributed by atoms with Gasteiger partial charge in [0.1, 0.15) is 5.60 Å². The Kier molecular flexibility index (Phi) is 5.91. The number of nitrogens with two attached hydrogens (primary N) is 1. The molecule has 3 aromatic carbocycles. The first-order valence-corrected chi connectivity index (χ1v) is 10.9. The normalized spacial score (nSPS) is 12.8. The minimum atomic E-state index is -1.53. The number of esters is 1. The molecule has 1 atom stereocenters. The fourth-order valence-corrected chi connectivity index (χ4v) is 4.33. The summed E-state index contributed by atoms with van der Waals surface area (Å²) in [5.41, 5.74) is 8.07. The summed E-state index contributed by atoms with van der Waals surface area (Å²) in [6.45, 7) is 5.68. The van der Waals surface area contributed by atoms with Crippen molar-refractivity contribution < 1.29 is 19.4 Å². The highest BCUT2D eigenvalue weighted by Crippen LogP contribution is 2.37. The molecule has 3 N–H and O–H groups in total. The van der Waals surface area contributed by atoms with Gasteiger partial charge >= 0.3 is 5.97 Å². The third-order valence-corrected chi connectivity index (χ3v) is 5.60. The van der Waals surface area contributed by atoms with Crippen LogP contribution in [-0.4, -0.2) is 27.2 Å². The number of fused-ring (bicyclic) bond motifs is 3. The standard InChI is InChI=1S/C26H25ClN2O4/c1-26(2,3)33-25(32)23(30)17-9-5-11-19-21(17)22-18(24(28)31)10-6-12-20(22)29(19)14-15-7-4-8-16(27)13-15/h4-13,23,30H,14H2,1-3H3,(H2,28,31). The highest BCUT2D eigenvalue weighted by molar-refractivity contribution is 6.30. The molecule has 0 fully saturated rings. The number of nitrogens with zero attached hydrogens (tertiary/aromatic N) is 1. The smallest absolute Gasteiger partial charge is 0.340 e. The maximum Gasteiger partial charge on any atom is 0.340 e. The van der Waals surface area contributed by atoms with Gasteiger partial charge in [0.15, 0.2) is 6.10 Å². The molecule has 6 nitrogen and oxygen atoms in total. The third-order valence-electron chi connectivity index (χ3n) is 5.37. The van der Waals surface area contributed by atoms with Gasteiger partial charge in [-0.05, 0) is 56.7 Å². The Morgan fingerprint density at radius 3 is 2.30 bits per heavy atom. The summed E-state index contributed by atoms with van der Waals surface area (Å²) in [4.78, 5) is 25.0. The van der Waals surface area contributed by atoms with Crippen LogP contribution in [0.15, 0.2) is 60.7 Å². The van der Waals surface area contributed by atoms with E-state index in [1.165, 1.54) is 0 Å². The van der Waals surface area contributed by atoms with Crippen molar-refractivity contribution in [2.45, 2.75) is 39.0 Å². The van der Waals surface area contributed by atoms with Gasteiger partial charge in [0.05, 0.1) is 5.52 Å². The predicted octanol–water partition coefficient (Wildman–Crippen LogP) is 4.97. The quantitative estimate of drug-likeness (QED) is 0.407. The van der Waals surface area contributed by atoms with Gasteiger partial charge in [-0.1, -0.05) is 41.9 Å². The van der Waals surface area contributed by atoms with Crippen LogP contribution in [-0.2, 0) is 16.1 Å². The molecule has 4 rings (SSSR count). The number of aliphatic hydroxyl groups excluding tert-OH is 1. The Labute approximate surface area is 196 Å². The van der Waals surface area contributed by atoms with Crippen molar-refractivity contribution in [1.82, 2.24) is 4.57 Å². The van der Waals surface area contributed by atoms with Crippen molar-refractivity contribution in [3.8, 4) is 0 Å². The molecule has 170 valence electrons. The third kappa shape index (κ3) is 4.45. The number of halogens is 1. The van der Waals surface area contributed by atoms with E-state index >= 15 is 0 Å². The van der Waals surface area contributed by atoms with Crippen molar-refractivity contribution in [3.63, 3.8) is 0 Å². The lowest BCUT2D eigenvalue weighted by molar-refractivity contribution is -0.165. The maximum atomic E-state index is 12.7. The van der Waals surface area contributed by atoms with Gasteiger partial charge in [0.2, 0.25) is 5.91 Å². The zero-order valence-electron chi connectivity index (χ0n) is 18.6. The highest BCUT2D eigenvalue weighted by Gasteiger charge is 2.28. The zero-order valence-corrected chi connectivity index (χ0v) is 19.4. The molecule has 0 aliphatic rings. The number of amides is 1. The van der Waals surface area contributed by atoms with Crippen molar-refractivity contribution in [3.05, 3.63) is 82.4 Å². The Morgan fingerprint density at radius 2 is 1.67 bits per heavy atom. The highest BCUT2D eigenvalue weighted by atomic mass is 35.5. The van der Waals surface area contributed by atoms with E-state index in [2.05, 4.69) is 0 Å². The fourth-order valence-electron chi connectivity index (χ4n) is 4.12.